The van der Waals surface area contributed by atoms with Crippen LogP contribution in [0.25, 0.3) is 71.6 Å². The van der Waals surface area contributed by atoms with Gasteiger partial charge in [-0.3, -0.25) is 0 Å². The zero-order valence-corrected chi connectivity index (χ0v) is 34.4. The number of fused-ring (bicyclic) bond motifs is 10. The first kappa shape index (κ1) is 34.8. The molecule has 2 aliphatic rings. The van der Waals surface area contributed by atoms with Crippen LogP contribution in [0.2, 0.25) is 0 Å². The molecule has 0 fully saturated rings. The molecule has 0 unspecified atom stereocenters. The van der Waals surface area contributed by atoms with Crippen molar-refractivity contribution in [3.05, 3.63) is 216 Å². The molecule has 0 radical (unpaired) electrons. The number of rotatable bonds is 5. The topological polar surface area (TPSA) is 8.17 Å². The molecule has 0 aliphatic heterocycles. The molecule has 0 amide bonds. The third-order valence-corrected chi connectivity index (χ3v) is 13.8. The molecule has 286 valence electrons. The molecular formula is C58H44N2. The van der Waals surface area contributed by atoms with Crippen molar-refractivity contribution < 1.29 is 0 Å². The highest BCUT2D eigenvalue weighted by Gasteiger charge is 2.41. The molecule has 0 saturated carbocycles. The Labute approximate surface area is 351 Å². The normalized spacial score (nSPS) is 14.3. The quantitative estimate of drug-likeness (QED) is 0.169. The Morgan fingerprint density at radius 2 is 0.883 bits per heavy atom. The third kappa shape index (κ3) is 4.76. The Hall–Kier alpha value is -7.16. The predicted octanol–water partition coefficient (Wildman–Crippen LogP) is 15.7. The number of hydrogen-bond acceptors (Lipinski definition) is 1. The van der Waals surface area contributed by atoms with Crippen molar-refractivity contribution >= 4 is 49.6 Å². The number of hydrogen-bond donors (Lipinski definition) is 0. The molecule has 2 nitrogen and oxygen atoms in total. The van der Waals surface area contributed by atoms with Gasteiger partial charge in [0.1, 0.15) is 0 Å². The number of aromatic nitrogens is 1. The van der Waals surface area contributed by atoms with Gasteiger partial charge in [-0.25, -0.2) is 0 Å². The summed E-state index contributed by atoms with van der Waals surface area (Å²) in [6.07, 6.45) is 0. The van der Waals surface area contributed by atoms with E-state index in [2.05, 4.69) is 231 Å². The maximum Gasteiger partial charge on any atom is 0.0543 e. The summed E-state index contributed by atoms with van der Waals surface area (Å²) in [6.45, 7) is 9.53. The average molecular weight is 769 g/mol. The van der Waals surface area contributed by atoms with E-state index >= 15 is 0 Å². The van der Waals surface area contributed by atoms with Crippen LogP contribution < -0.4 is 4.90 Å². The lowest BCUT2D eigenvalue weighted by Gasteiger charge is -2.33. The zero-order chi connectivity index (χ0) is 40.3. The van der Waals surface area contributed by atoms with E-state index in [1.54, 1.807) is 0 Å². The standard InChI is InChI=1S/C58H44N2/c1-57(2)48-26-10-6-20-46(48)55-49(57)27-16-31-53(55)59(54-32-15-24-45-41-17-5-9-25-47(41)58(3,4)56(45)54)38-35-33-37(34-36-38)39-21-13-23-42-40(39)22-14-30-52(42)60-50-28-11-7-18-43(50)44-19-8-12-29-51(44)60/h5-36H,1-4H3. The van der Waals surface area contributed by atoms with E-state index in [1.807, 2.05) is 0 Å². The Morgan fingerprint density at radius 1 is 0.367 bits per heavy atom. The summed E-state index contributed by atoms with van der Waals surface area (Å²) < 4.78 is 2.44. The predicted molar refractivity (Wildman–Crippen MR) is 254 cm³/mol. The summed E-state index contributed by atoms with van der Waals surface area (Å²) in [5.74, 6) is 0. The Kier molecular flexibility index (Phi) is 7.36. The Bertz CT molecular complexity index is 3320. The molecule has 0 N–H and O–H groups in total. The molecule has 10 aromatic rings. The van der Waals surface area contributed by atoms with Crippen molar-refractivity contribution in [1.82, 2.24) is 4.57 Å². The number of para-hydroxylation sites is 2. The van der Waals surface area contributed by atoms with Crippen LogP contribution in [0.1, 0.15) is 49.9 Å². The summed E-state index contributed by atoms with van der Waals surface area (Å²) in [6, 6.07) is 72.2. The highest BCUT2D eigenvalue weighted by atomic mass is 15.1. The number of anilines is 3. The molecule has 1 heterocycles. The monoisotopic (exact) mass is 768 g/mol. The van der Waals surface area contributed by atoms with Crippen molar-refractivity contribution in [3.8, 4) is 39.1 Å². The molecule has 1 aromatic heterocycles. The smallest absolute Gasteiger partial charge is 0.0543 e. The van der Waals surface area contributed by atoms with Gasteiger partial charge in [0.25, 0.3) is 0 Å². The summed E-state index contributed by atoms with van der Waals surface area (Å²) in [7, 11) is 0. The van der Waals surface area contributed by atoms with Gasteiger partial charge in [-0.2, -0.15) is 0 Å². The molecule has 0 saturated heterocycles. The molecule has 0 spiro atoms. The zero-order valence-electron chi connectivity index (χ0n) is 34.4. The fraction of sp³-hybridized carbons (Fsp3) is 0.103. The summed E-state index contributed by atoms with van der Waals surface area (Å²) >= 11 is 0. The van der Waals surface area contributed by atoms with Crippen LogP contribution >= 0.6 is 0 Å². The van der Waals surface area contributed by atoms with Gasteiger partial charge in [0.15, 0.2) is 0 Å². The van der Waals surface area contributed by atoms with Crippen molar-refractivity contribution in [2.75, 3.05) is 4.90 Å². The molecule has 2 aliphatic carbocycles. The van der Waals surface area contributed by atoms with Gasteiger partial charge in [0.2, 0.25) is 0 Å². The van der Waals surface area contributed by atoms with Gasteiger partial charge in [-0.15, -0.1) is 0 Å². The minimum atomic E-state index is -0.188. The molecule has 2 heteroatoms. The second-order valence-corrected chi connectivity index (χ2v) is 17.7. The minimum absolute atomic E-state index is 0.113. The highest BCUT2D eigenvalue weighted by Crippen LogP contribution is 2.58. The van der Waals surface area contributed by atoms with Gasteiger partial charge < -0.3 is 9.47 Å². The highest BCUT2D eigenvalue weighted by molar-refractivity contribution is 6.11. The maximum absolute atomic E-state index is 2.55. The van der Waals surface area contributed by atoms with Crippen LogP contribution in [0.15, 0.2) is 194 Å². The van der Waals surface area contributed by atoms with E-state index in [1.165, 1.54) is 105 Å². The summed E-state index contributed by atoms with van der Waals surface area (Å²) in [5, 5.41) is 5.01. The van der Waals surface area contributed by atoms with Crippen LogP contribution in [0.4, 0.5) is 17.1 Å². The first-order valence-corrected chi connectivity index (χ1v) is 21.2. The van der Waals surface area contributed by atoms with Crippen LogP contribution in [-0.4, -0.2) is 4.57 Å². The van der Waals surface area contributed by atoms with Crippen LogP contribution in [0, 0.1) is 0 Å². The number of nitrogens with zero attached hydrogens (tertiary/aromatic N) is 2. The first-order valence-electron chi connectivity index (χ1n) is 21.2. The molecule has 12 rings (SSSR count). The largest absolute Gasteiger partial charge is 0.310 e. The van der Waals surface area contributed by atoms with Crippen LogP contribution in [0.5, 0.6) is 0 Å². The lowest BCUT2D eigenvalue weighted by atomic mass is 9.81. The van der Waals surface area contributed by atoms with Crippen molar-refractivity contribution in [3.63, 3.8) is 0 Å². The summed E-state index contributed by atoms with van der Waals surface area (Å²) in [5.41, 5.74) is 20.1. The van der Waals surface area contributed by atoms with Crippen LogP contribution in [-0.2, 0) is 10.8 Å². The second kappa shape index (κ2) is 12.7. The average Bonchev–Trinajstić information content (AvgIpc) is 3.84. The van der Waals surface area contributed by atoms with Gasteiger partial charge in [-0.1, -0.05) is 179 Å². The SMILES string of the molecule is CC1(C)c2ccccc2-c2c(N(c3ccc(-c4cccc5c(-n6c7ccccc7c7ccccc76)cccc45)cc3)c3cccc4c3C(C)(C)c3ccccc3-4)cccc21. The van der Waals surface area contributed by atoms with Crippen molar-refractivity contribution in [1.29, 1.82) is 0 Å². The molecule has 0 atom stereocenters. The fourth-order valence-corrected chi connectivity index (χ4v) is 11.0. The Morgan fingerprint density at radius 3 is 1.63 bits per heavy atom. The maximum atomic E-state index is 2.55. The molecule has 9 aromatic carbocycles. The van der Waals surface area contributed by atoms with Crippen molar-refractivity contribution in [2.24, 2.45) is 0 Å². The Balaban J connectivity index is 1.05. The van der Waals surface area contributed by atoms with E-state index in [0.29, 0.717) is 0 Å². The van der Waals surface area contributed by atoms with Gasteiger partial charge >= 0.3 is 0 Å². The lowest BCUT2D eigenvalue weighted by molar-refractivity contribution is 0.659. The van der Waals surface area contributed by atoms with E-state index in [-0.39, 0.29) is 10.8 Å². The summed E-state index contributed by atoms with van der Waals surface area (Å²) in [4.78, 5) is 2.55. The fourth-order valence-electron chi connectivity index (χ4n) is 11.0. The molecular weight excluding hydrogens is 725 g/mol. The van der Waals surface area contributed by atoms with Gasteiger partial charge in [0, 0.05) is 38.2 Å². The van der Waals surface area contributed by atoms with E-state index < -0.39 is 0 Å². The number of benzene rings is 9. The second-order valence-electron chi connectivity index (χ2n) is 17.7. The molecule has 0 bridgehead atoms. The van der Waals surface area contributed by atoms with E-state index in [9.17, 15) is 0 Å². The van der Waals surface area contributed by atoms with Gasteiger partial charge in [0.05, 0.1) is 28.1 Å². The third-order valence-electron chi connectivity index (χ3n) is 13.8. The van der Waals surface area contributed by atoms with Crippen molar-refractivity contribution in [2.45, 2.75) is 38.5 Å². The lowest BCUT2D eigenvalue weighted by Crippen LogP contribution is -2.21. The van der Waals surface area contributed by atoms with Gasteiger partial charge in [-0.05, 0) is 97.9 Å². The van der Waals surface area contributed by atoms with E-state index in [4.69, 9.17) is 0 Å². The van der Waals surface area contributed by atoms with Crippen LogP contribution in [0.3, 0.4) is 0 Å². The first-order chi connectivity index (χ1) is 29.3. The molecule has 60 heavy (non-hydrogen) atoms. The minimum Gasteiger partial charge on any atom is -0.310 e. The van der Waals surface area contributed by atoms with E-state index in [0.717, 1.165) is 5.69 Å².